The van der Waals surface area contributed by atoms with Gasteiger partial charge in [0.1, 0.15) is 17.4 Å². The Balaban J connectivity index is 1.88. The number of anilines is 2. The molecule has 1 aliphatic rings. The van der Waals surface area contributed by atoms with E-state index in [0.717, 1.165) is 38.3 Å². The topological polar surface area (TPSA) is 56.3 Å². The van der Waals surface area contributed by atoms with Crippen LogP contribution < -0.4 is 14.8 Å². The summed E-state index contributed by atoms with van der Waals surface area (Å²) >= 11 is 0. The summed E-state index contributed by atoms with van der Waals surface area (Å²) in [6.45, 7) is 0. The molecule has 1 aromatic carbocycles. The first-order chi connectivity index (χ1) is 12.5. The molecule has 0 radical (unpaired) electrons. The number of halogens is 3. The number of hydrogen-bond acceptors (Lipinski definition) is 5. The van der Waals surface area contributed by atoms with E-state index in [1.807, 2.05) is 0 Å². The summed E-state index contributed by atoms with van der Waals surface area (Å²) in [6, 6.07) is 7.01. The van der Waals surface area contributed by atoms with Crippen molar-refractivity contribution < 1.29 is 22.6 Å². The van der Waals surface area contributed by atoms with Crippen LogP contribution in [0.1, 0.15) is 37.7 Å². The van der Waals surface area contributed by atoms with Crippen molar-refractivity contribution in [3.05, 3.63) is 36.0 Å². The van der Waals surface area contributed by atoms with Crippen LogP contribution in [0.25, 0.3) is 0 Å². The minimum Gasteiger partial charge on any atom is -0.495 e. The summed E-state index contributed by atoms with van der Waals surface area (Å²) in [5.74, 6) is 0.121. The molecule has 1 aliphatic carbocycles. The zero-order chi connectivity index (χ0) is 18.6. The van der Waals surface area contributed by atoms with Crippen molar-refractivity contribution in [3.8, 4) is 11.6 Å². The first-order valence-corrected chi connectivity index (χ1v) is 8.48. The highest BCUT2D eigenvalue weighted by molar-refractivity contribution is 5.62. The Morgan fingerprint density at radius 1 is 1.12 bits per heavy atom. The number of hydrogen-bond donors (Lipinski definition) is 1. The van der Waals surface area contributed by atoms with Gasteiger partial charge in [0.15, 0.2) is 0 Å². The summed E-state index contributed by atoms with van der Waals surface area (Å²) in [6.07, 6.45) is 0.366. The van der Waals surface area contributed by atoms with Crippen molar-refractivity contribution in [2.45, 2.75) is 44.4 Å². The number of alkyl halides is 3. The summed E-state index contributed by atoms with van der Waals surface area (Å²) in [4.78, 5) is 7.78. The molecule has 1 N–H and O–H groups in total. The second-order valence-electron chi connectivity index (χ2n) is 6.11. The number of para-hydroxylation sites is 2. The van der Waals surface area contributed by atoms with Gasteiger partial charge in [-0.15, -0.1) is 0 Å². The number of benzene rings is 1. The maximum absolute atomic E-state index is 13.3. The first kappa shape index (κ1) is 18.3. The number of nitrogens with one attached hydrogen (secondary N) is 1. The molecule has 1 aromatic heterocycles. The van der Waals surface area contributed by atoms with Crippen LogP contribution in [0.2, 0.25) is 0 Å². The Hall–Kier alpha value is -2.51. The molecule has 3 rings (SSSR count). The molecule has 0 amide bonds. The van der Waals surface area contributed by atoms with E-state index in [0.29, 0.717) is 11.4 Å². The van der Waals surface area contributed by atoms with Gasteiger partial charge in [-0.05, 0) is 37.8 Å². The fourth-order valence-corrected chi connectivity index (χ4v) is 2.92. The molecular weight excluding hydrogens is 347 g/mol. The average Bonchev–Trinajstić information content (AvgIpc) is 2.62. The highest BCUT2D eigenvalue weighted by Crippen LogP contribution is 2.37. The van der Waals surface area contributed by atoms with E-state index in [1.165, 1.54) is 7.11 Å². The van der Waals surface area contributed by atoms with Crippen LogP contribution in [0.5, 0.6) is 11.6 Å². The lowest BCUT2D eigenvalue weighted by molar-refractivity contribution is -0.140. The second-order valence-corrected chi connectivity index (χ2v) is 6.11. The quantitative estimate of drug-likeness (QED) is 0.810. The fourth-order valence-electron chi connectivity index (χ4n) is 2.92. The van der Waals surface area contributed by atoms with Crippen molar-refractivity contribution in [3.63, 3.8) is 0 Å². The molecule has 5 nitrogen and oxygen atoms in total. The van der Waals surface area contributed by atoms with Crippen LogP contribution in [0.3, 0.4) is 0 Å². The highest BCUT2D eigenvalue weighted by Gasteiger charge is 2.37. The number of ether oxygens (including phenoxy) is 2. The van der Waals surface area contributed by atoms with Crippen molar-refractivity contribution >= 4 is 11.6 Å². The van der Waals surface area contributed by atoms with Gasteiger partial charge in [-0.1, -0.05) is 18.6 Å². The molecule has 1 saturated carbocycles. The van der Waals surface area contributed by atoms with E-state index in [1.54, 1.807) is 24.3 Å². The lowest BCUT2D eigenvalue weighted by Gasteiger charge is -2.24. The Labute approximate surface area is 149 Å². The number of methoxy groups -OCH3 is 1. The van der Waals surface area contributed by atoms with Crippen molar-refractivity contribution in [2.24, 2.45) is 0 Å². The van der Waals surface area contributed by atoms with E-state index in [2.05, 4.69) is 15.3 Å². The standard InChI is InChI=1S/C18H20F3N3O2/c1-25-15-10-6-5-9-14(15)23-17-22-11-13(18(19,20)21)16(24-17)26-12-7-3-2-4-8-12/h5-6,9-12H,2-4,7-8H2,1H3,(H,22,23,24). The van der Waals surface area contributed by atoms with E-state index < -0.39 is 17.6 Å². The Kier molecular flexibility index (Phi) is 5.49. The normalized spacial score (nSPS) is 15.5. The number of rotatable bonds is 5. The fraction of sp³-hybridized carbons (Fsp3) is 0.444. The largest absolute Gasteiger partial charge is 0.495 e. The van der Waals surface area contributed by atoms with Gasteiger partial charge in [-0.25, -0.2) is 4.98 Å². The molecule has 0 aliphatic heterocycles. The lowest BCUT2D eigenvalue weighted by Crippen LogP contribution is -2.22. The van der Waals surface area contributed by atoms with Crippen LogP contribution in [-0.2, 0) is 6.18 Å². The zero-order valence-corrected chi connectivity index (χ0v) is 14.3. The van der Waals surface area contributed by atoms with E-state index >= 15 is 0 Å². The van der Waals surface area contributed by atoms with E-state index in [4.69, 9.17) is 9.47 Å². The van der Waals surface area contributed by atoms with Gasteiger partial charge < -0.3 is 14.8 Å². The molecule has 140 valence electrons. The van der Waals surface area contributed by atoms with Crippen molar-refractivity contribution in [1.29, 1.82) is 0 Å². The molecule has 26 heavy (non-hydrogen) atoms. The van der Waals surface area contributed by atoms with E-state index in [-0.39, 0.29) is 12.1 Å². The monoisotopic (exact) mass is 367 g/mol. The van der Waals surface area contributed by atoms with Crippen LogP contribution in [-0.4, -0.2) is 23.2 Å². The molecule has 8 heteroatoms. The average molecular weight is 367 g/mol. The SMILES string of the molecule is COc1ccccc1Nc1ncc(C(F)(F)F)c(OC2CCCCC2)n1. The zero-order valence-electron chi connectivity index (χ0n) is 14.3. The van der Waals surface area contributed by atoms with Gasteiger partial charge in [-0.2, -0.15) is 18.2 Å². The summed E-state index contributed by atoms with van der Waals surface area (Å²) in [5, 5.41) is 2.89. The molecule has 0 bridgehead atoms. The van der Waals surface area contributed by atoms with Crippen LogP contribution >= 0.6 is 0 Å². The summed E-state index contributed by atoms with van der Waals surface area (Å²) in [5.41, 5.74) is -0.410. The van der Waals surface area contributed by atoms with E-state index in [9.17, 15) is 13.2 Å². The number of aromatic nitrogens is 2. The van der Waals surface area contributed by atoms with Gasteiger partial charge in [-0.3, -0.25) is 0 Å². The molecule has 0 unspecified atom stereocenters. The summed E-state index contributed by atoms with van der Waals surface area (Å²) in [7, 11) is 1.51. The number of nitrogens with zero attached hydrogens (tertiary/aromatic N) is 2. The highest BCUT2D eigenvalue weighted by atomic mass is 19.4. The van der Waals surface area contributed by atoms with Crippen LogP contribution in [0.15, 0.2) is 30.5 Å². The molecule has 2 aromatic rings. The second kappa shape index (κ2) is 7.80. The Morgan fingerprint density at radius 3 is 2.54 bits per heavy atom. The third kappa shape index (κ3) is 4.36. The molecule has 0 atom stereocenters. The third-order valence-corrected chi connectivity index (χ3v) is 4.24. The van der Waals surface area contributed by atoms with Gasteiger partial charge in [0.25, 0.3) is 0 Å². The van der Waals surface area contributed by atoms with Crippen molar-refractivity contribution in [2.75, 3.05) is 12.4 Å². The predicted octanol–water partition coefficient (Wildman–Crippen LogP) is 4.96. The Morgan fingerprint density at radius 2 is 1.85 bits per heavy atom. The van der Waals surface area contributed by atoms with Gasteiger partial charge in [0.2, 0.25) is 11.8 Å². The Bertz CT molecular complexity index is 747. The van der Waals surface area contributed by atoms with Gasteiger partial charge in [0, 0.05) is 6.20 Å². The van der Waals surface area contributed by atoms with Crippen LogP contribution in [0, 0.1) is 0 Å². The van der Waals surface area contributed by atoms with Crippen LogP contribution in [0.4, 0.5) is 24.8 Å². The predicted molar refractivity (Wildman–Crippen MR) is 90.8 cm³/mol. The molecule has 0 spiro atoms. The lowest BCUT2D eigenvalue weighted by atomic mass is 9.98. The van der Waals surface area contributed by atoms with Gasteiger partial charge in [0.05, 0.1) is 12.8 Å². The molecule has 1 heterocycles. The first-order valence-electron chi connectivity index (χ1n) is 8.48. The van der Waals surface area contributed by atoms with Crippen molar-refractivity contribution in [1.82, 2.24) is 9.97 Å². The van der Waals surface area contributed by atoms with Gasteiger partial charge >= 0.3 is 6.18 Å². The smallest absolute Gasteiger partial charge is 0.423 e. The minimum absolute atomic E-state index is 0.0216. The third-order valence-electron chi connectivity index (χ3n) is 4.24. The molecular formula is C18H20F3N3O2. The maximum atomic E-state index is 13.3. The molecule has 0 saturated heterocycles. The maximum Gasteiger partial charge on any atom is 0.423 e. The summed E-state index contributed by atoms with van der Waals surface area (Å²) < 4.78 is 50.7. The minimum atomic E-state index is -4.58. The molecule has 1 fully saturated rings.